The van der Waals surface area contributed by atoms with Crippen molar-refractivity contribution >= 4 is 11.9 Å². The Hall–Kier alpha value is -1.88. The van der Waals surface area contributed by atoms with E-state index < -0.39 is 17.4 Å². The minimum atomic E-state index is -1.79. The maximum absolute atomic E-state index is 12.0. The van der Waals surface area contributed by atoms with E-state index in [1.54, 1.807) is 30.3 Å². The van der Waals surface area contributed by atoms with Crippen molar-refractivity contribution in [2.45, 2.75) is 25.8 Å². The Bertz CT molecular complexity index is 431. The van der Waals surface area contributed by atoms with Crippen molar-refractivity contribution in [3.05, 3.63) is 30.3 Å². The van der Waals surface area contributed by atoms with Gasteiger partial charge in [-0.1, -0.05) is 32.0 Å². The SMILES string of the molecule is CC(C)C[C@](N)(C(N)=O)C(=O)Oc1ccccc1. The minimum Gasteiger partial charge on any atom is -0.425 e. The Morgan fingerprint density at radius 2 is 1.83 bits per heavy atom. The number of para-hydroxylation sites is 1. The van der Waals surface area contributed by atoms with E-state index in [2.05, 4.69) is 0 Å². The lowest BCUT2D eigenvalue weighted by atomic mass is 9.89. The van der Waals surface area contributed by atoms with E-state index in [1.807, 2.05) is 13.8 Å². The van der Waals surface area contributed by atoms with Crippen molar-refractivity contribution < 1.29 is 14.3 Å². The Morgan fingerprint density at radius 1 is 1.28 bits per heavy atom. The summed E-state index contributed by atoms with van der Waals surface area (Å²) in [4.78, 5) is 23.3. The van der Waals surface area contributed by atoms with E-state index in [9.17, 15) is 9.59 Å². The smallest absolute Gasteiger partial charge is 0.341 e. The lowest BCUT2D eigenvalue weighted by Gasteiger charge is -2.25. The zero-order valence-electron chi connectivity index (χ0n) is 10.6. The molecule has 1 atom stereocenters. The predicted octanol–water partition coefficient (Wildman–Crippen LogP) is 0.821. The predicted molar refractivity (Wildman–Crippen MR) is 67.6 cm³/mol. The van der Waals surface area contributed by atoms with Crippen LogP contribution in [0.1, 0.15) is 20.3 Å². The first-order chi connectivity index (χ1) is 8.36. The first kappa shape index (κ1) is 14.2. The molecule has 0 radical (unpaired) electrons. The third-order valence-corrected chi connectivity index (χ3v) is 2.49. The zero-order valence-corrected chi connectivity index (χ0v) is 10.6. The van der Waals surface area contributed by atoms with Gasteiger partial charge in [0.1, 0.15) is 5.75 Å². The highest BCUT2D eigenvalue weighted by Gasteiger charge is 2.42. The van der Waals surface area contributed by atoms with Crippen LogP contribution in [0.5, 0.6) is 5.75 Å². The van der Waals surface area contributed by atoms with Gasteiger partial charge in [0.25, 0.3) is 0 Å². The number of carbonyl (C=O) groups excluding carboxylic acids is 2. The molecule has 1 aromatic rings. The van der Waals surface area contributed by atoms with Crippen molar-refractivity contribution in [3.8, 4) is 5.75 Å². The van der Waals surface area contributed by atoms with E-state index in [0.29, 0.717) is 5.75 Å². The number of primary amides is 1. The van der Waals surface area contributed by atoms with Gasteiger partial charge in [0.05, 0.1) is 0 Å². The molecule has 0 heterocycles. The normalized spacial score (nSPS) is 14.0. The molecule has 0 aromatic heterocycles. The Morgan fingerprint density at radius 3 is 2.28 bits per heavy atom. The number of nitrogens with two attached hydrogens (primary N) is 2. The highest BCUT2D eigenvalue weighted by Crippen LogP contribution is 2.18. The van der Waals surface area contributed by atoms with Crippen LogP contribution in [-0.4, -0.2) is 17.4 Å². The molecule has 5 heteroatoms. The molecule has 1 amide bonds. The summed E-state index contributed by atoms with van der Waals surface area (Å²) in [6.45, 7) is 3.70. The molecular weight excluding hydrogens is 232 g/mol. The average molecular weight is 250 g/mol. The van der Waals surface area contributed by atoms with Gasteiger partial charge in [0.2, 0.25) is 5.91 Å². The van der Waals surface area contributed by atoms with E-state index in [1.165, 1.54) is 0 Å². The third-order valence-electron chi connectivity index (χ3n) is 2.49. The fourth-order valence-corrected chi connectivity index (χ4v) is 1.62. The molecule has 0 bridgehead atoms. The minimum absolute atomic E-state index is 0.0471. The monoisotopic (exact) mass is 250 g/mol. The molecule has 0 unspecified atom stereocenters. The Kier molecular flexibility index (Phi) is 4.44. The summed E-state index contributed by atoms with van der Waals surface area (Å²) in [7, 11) is 0. The number of rotatable bonds is 5. The number of benzene rings is 1. The van der Waals surface area contributed by atoms with Crippen molar-refractivity contribution in [3.63, 3.8) is 0 Å². The number of hydrogen-bond acceptors (Lipinski definition) is 4. The largest absolute Gasteiger partial charge is 0.425 e. The van der Waals surface area contributed by atoms with Crippen LogP contribution in [0.4, 0.5) is 0 Å². The van der Waals surface area contributed by atoms with Crippen LogP contribution in [0.25, 0.3) is 0 Å². The second-order valence-electron chi connectivity index (χ2n) is 4.64. The molecule has 0 spiro atoms. The van der Waals surface area contributed by atoms with Crippen LogP contribution in [0, 0.1) is 5.92 Å². The van der Waals surface area contributed by atoms with Crippen LogP contribution >= 0.6 is 0 Å². The van der Waals surface area contributed by atoms with Crippen LogP contribution in [0.15, 0.2) is 30.3 Å². The van der Waals surface area contributed by atoms with Gasteiger partial charge in [-0.15, -0.1) is 0 Å². The summed E-state index contributed by atoms with van der Waals surface area (Å²) in [5.41, 5.74) is 9.21. The van der Waals surface area contributed by atoms with Gasteiger partial charge < -0.3 is 16.2 Å². The molecule has 4 N–H and O–H groups in total. The lowest BCUT2D eigenvalue weighted by Crippen LogP contribution is -2.60. The number of hydrogen-bond donors (Lipinski definition) is 2. The van der Waals surface area contributed by atoms with Gasteiger partial charge in [-0.2, -0.15) is 0 Å². The molecule has 0 aliphatic rings. The molecule has 5 nitrogen and oxygen atoms in total. The Labute approximate surface area is 106 Å². The van der Waals surface area contributed by atoms with Crippen molar-refractivity contribution in [1.29, 1.82) is 0 Å². The standard InChI is InChI=1S/C13H18N2O3/c1-9(2)8-13(15,11(14)16)12(17)18-10-6-4-3-5-7-10/h3-7,9H,8,15H2,1-2H3,(H2,14,16)/t13-/m0/s1. The van der Waals surface area contributed by atoms with E-state index in [-0.39, 0.29) is 12.3 Å². The second kappa shape index (κ2) is 5.64. The summed E-state index contributed by atoms with van der Waals surface area (Å²) in [6.07, 6.45) is 0.147. The molecule has 1 aromatic carbocycles. The molecule has 0 saturated heterocycles. The maximum Gasteiger partial charge on any atom is 0.341 e. The van der Waals surface area contributed by atoms with Crippen molar-refractivity contribution in [2.24, 2.45) is 17.4 Å². The molecule has 0 aliphatic carbocycles. The summed E-state index contributed by atoms with van der Waals surface area (Å²) in [5, 5.41) is 0. The van der Waals surface area contributed by atoms with Crippen LogP contribution < -0.4 is 16.2 Å². The fraction of sp³-hybridized carbons (Fsp3) is 0.385. The van der Waals surface area contributed by atoms with Crippen LogP contribution in [0.2, 0.25) is 0 Å². The first-order valence-corrected chi connectivity index (χ1v) is 5.72. The van der Waals surface area contributed by atoms with Crippen molar-refractivity contribution in [2.75, 3.05) is 0 Å². The van der Waals surface area contributed by atoms with Crippen molar-refractivity contribution in [1.82, 2.24) is 0 Å². The molecule has 98 valence electrons. The van der Waals surface area contributed by atoms with Gasteiger partial charge in [-0.3, -0.25) is 4.79 Å². The van der Waals surface area contributed by atoms with E-state index >= 15 is 0 Å². The molecular formula is C13H18N2O3. The van der Waals surface area contributed by atoms with E-state index in [4.69, 9.17) is 16.2 Å². The molecule has 0 fully saturated rings. The summed E-state index contributed by atoms with van der Waals surface area (Å²) < 4.78 is 5.08. The third kappa shape index (κ3) is 3.30. The highest BCUT2D eigenvalue weighted by atomic mass is 16.5. The quantitative estimate of drug-likeness (QED) is 0.459. The van der Waals surface area contributed by atoms with Crippen LogP contribution in [-0.2, 0) is 9.59 Å². The average Bonchev–Trinajstić information content (AvgIpc) is 2.29. The van der Waals surface area contributed by atoms with E-state index in [0.717, 1.165) is 0 Å². The maximum atomic E-state index is 12.0. The van der Waals surface area contributed by atoms with Gasteiger partial charge in [-0.25, -0.2) is 4.79 Å². The molecule has 1 rings (SSSR count). The molecule has 0 saturated carbocycles. The summed E-state index contributed by atoms with van der Waals surface area (Å²) >= 11 is 0. The number of amides is 1. The number of ether oxygens (including phenoxy) is 1. The number of esters is 1. The van der Waals surface area contributed by atoms with Gasteiger partial charge >= 0.3 is 5.97 Å². The fourth-order valence-electron chi connectivity index (χ4n) is 1.62. The first-order valence-electron chi connectivity index (χ1n) is 5.72. The highest BCUT2D eigenvalue weighted by molar-refractivity contribution is 6.07. The van der Waals surface area contributed by atoms with Crippen LogP contribution in [0.3, 0.4) is 0 Å². The molecule has 0 aliphatic heterocycles. The van der Waals surface area contributed by atoms with Gasteiger partial charge in [0.15, 0.2) is 5.54 Å². The zero-order chi connectivity index (χ0) is 13.8. The summed E-state index contributed by atoms with van der Waals surface area (Å²) in [6, 6.07) is 8.43. The summed E-state index contributed by atoms with van der Waals surface area (Å²) in [5.74, 6) is -1.32. The molecule has 18 heavy (non-hydrogen) atoms. The Balaban J connectivity index is 2.87. The topological polar surface area (TPSA) is 95.4 Å². The number of carbonyl (C=O) groups is 2. The van der Waals surface area contributed by atoms with Gasteiger partial charge in [0, 0.05) is 0 Å². The second-order valence-corrected chi connectivity index (χ2v) is 4.64. The lowest BCUT2D eigenvalue weighted by molar-refractivity contribution is -0.146. The van der Waals surface area contributed by atoms with Gasteiger partial charge in [-0.05, 0) is 24.5 Å².